The number of sulfonamides is 1. The van der Waals surface area contributed by atoms with Crippen molar-refractivity contribution >= 4 is 15.7 Å². The first-order valence-corrected chi connectivity index (χ1v) is 6.85. The summed E-state index contributed by atoms with van der Waals surface area (Å²) in [5, 5.41) is 9.14. The van der Waals surface area contributed by atoms with E-state index in [1.54, 1.807) is 0 Å². The third-order valence-corrected chi connectivity index (χ3v) is 3.06. The van der Waals surface area contributed by atoms with Crippen LogP contribution in [0.15, 0.2) is 24.3 Å². The first-order chi connectivity index (χ1) is 7.97. The van der Waals surface area contributed by atoms with E-state index in [0.29, 0.717) is 12.3 Å². The van der Waals surface area contributed by atoms with Gasteiger partial charge < -0.3 is 9.84 Å². The van der Waals surface area contributed by atoms with Crippen molar-refractivity contribution in [1.82, 2.24) is 0 Å². The van der Waals surface area contributed by atoms with Crippen LogP contribution in [-0.4, -0.2) is 39.1 Å². The van der Waals surface area contributed by atoms with Gasteiger partial charge in [0.15, 0.2) is 0 Å². The molecule has 2 rings (SSSR count). The molecule has 17 heavy (non-hydrogen) atoms. The number of anilines is 1. The van der Waals surface area contributed by atoms with Gasteiger partial charge in [0.1, 0.15) is 18.5 Å². The highest BCUT2D eigenvalue weighted by molar-refractivity contribution is 7.91. The Kier molecular flexibility index (Phi) is 3.23. The molecule has 1 aromatic carbocycles. The smallest absolute Gasteiger partial charge is 0.254 e. The standard InChI is InChI=1S/C10H13NO5S/c1-17(13,14)11(16-7-10-6-15-10)8-2-4-9(12)5-3-8/h2-5,10,12H,6-7H2,1H3. The predicted octanol–water partition coefficient (Wildman–Crippen LogP) is 0.489. The third kappa shape index (κ3) is 3.32. The Morgan fingerprint density at radius 2 is 2.06 bits per heavy atom. The molecule has 0 bridgehead atoms. The van der Waals surface area contributed by atoms with Gasteiger partial charge in [0.2, 0.25) is 0 Å². The molecule has 1 aliphatic heterocycles. The molecule has 1 saturated heterocycles. The van der Waals surface area contributed by atoms with Gasteiger partial charge >= 0.3 is 0 Å². The van der Waals surface area contributed by atoms with Gasteiger partial charge in [-0.05, 0) is 24.3 Å². The summed E-state index contributed by atoms with van der Waals surface area (Å²) in [7, 11) is -3.52. The fourth-order valence-corrected chi connectivity index (χ4v) is 2.01. The van der Waals surface area contributed by atoms with Crippen molar-refractivity contribution < 1.29 is 23.1 Å². The molecule has 0 aromatic heterocycles. The van der Waals surface area contributed by atoms with Crippen molar-refractivity contribution in [3.63, 3.8) is 0 Å². The molecule has 1 heterocycles. The first kappa shape index (κ1) is 12.2. The summed E-state index contributed by atoms with van der Waals surface area (Å²) in [5.74, 6) is 0.0627. The van der Waals surface area contributed by atoms with Crippen molar-refractivity contribution in [3.8, 4) is 5.75 Å². The molecule has 1 unspecified atom stereocenters. The van der Waals surface area contributed by atoms with E-state index in [0.717, 1.165) is 10.7 Å². The molecule has 0 saturated carbocycles. The zero-order chi connectivity index (χ0) is 12.5. The van der Waals surface area contributed by atoms with Gasteiger partial charge in [-0.15, -0.1) is 4.47 Å². The molecule has 1 fully saturated rings. The monoisotopic (exact) mass is 259 g/mol. The average molecular weight is 259 g/mol. The molecule has 0 amide bonds. The number of aromatic hydroxyl groups is 1. The lowest BCUT2D eigenvalue weighted by molar-refractivity contribution is 0.129. The van der Waals surface area contributed by atoms with Gasteiger partial charge in [-0.25, -0.2) is 8.42 Å². The van der Waals surface area contributed by atoms with E-state index in [-0.39, 0.29) is 18.5 Å². The topological polar surface area (TPSA) is 79.4 Å². The third-order valence-electron chi connectivity index (χ3n) is 2.14. The average Bonchev–Trinajstić information content (AvgIpc) is 3.03. The van der Waals surface area contributed by atoms with Crippen molar-refractivity contribution in [1.29, 1.82) is 0 Å². The minimum atomic E-state index is -3.52. The molecule has 7 heteroatoms. The van der Waals surface area contributed by atoms with Gasteiger partial charge in [0, 0.05) is 0 Å². The lowest BCUT2D eigenvalue weighted by Gasteiger charge is -2.20. The highest BCUT2D eigenvalue weighted by Gasteiger charge is 2.27. The Hall–Kier alpha value is -1.31. The molecule has 0 aliphatic carbocycles. The van der Waals surface area contributed by atoms with Crippen LogP contribution in [0.25, 0.3) is 0 Å². The van der Waals surface area contributed by atoms with Gasteiger partial charge in [-0.3, -0.25) is 4.84 Å². The largest absolute Gasteiger partial charge is 0.508 e. The van der Waals surface area contributed by atoms with Crippen molar-refractivity contribution in [3.05, 3.63) is 24.3 Å². The lowest BCUT2D eigenvalue weighted by atomic mass is 10.3. The molecule has 1 aromatic rings. The second-order valence-corrected chi connectivity index (χ2v) is 5.56. The van der Waals surface area contributed by atoms with E-state index in [9.17, 15) is 8.42 Å². The number of rotatable bonds is 5. The Morgan fingerprint density at radius 3 is 2.53 bits per heavy atom. The number of benzene rings is 1. The highest BCUT2D eigenvalue weighted by atomic mass is 32.2. The molecule has 0 spiro atoms. The molecule has 1 atom stereocenters. The quantitative estimate of drug-likeness (QED) is 0.615. The highest BCUT2D eigenvalue weighted by Crippen LogP contribution is 2.22. The molecular weight excluding hydrogens is 246 g/mol. The minimum Gasteiger partial charge on any atom is -0.508 e. The van der Waals surface area contributed by atoms with Gasteiger partial charge in [-0.2, -0.15) is 0 Å². The summed E-state index contributed by atoms with van der Waals surface area (Å²) >= 11 is 0. The van der Waals surface area contributed by atoms with E-state index in [2.05, 4.69) is 0 Å². The van der Waals surface area contributed by atoms with E-state index in [1.165, 1.54) is 24.3 Å². The zero-order valence-corrected chi connectivity index (χ0v) is 10.1. The Morgan fingerprint density at radius 1 is 1.47 bits per heavy atom. The number of hydrogen-bond donors (Lipinski definition) is 1. The summed E-state index contributed by atoms with van der Waals surface area (Å²) in [6, 6.07) is 5.71. The molecule has 0 radical (unpaired) electrons. The van der Waals surface area contributed by atoms with E-state index < -0.39 is 10.0 Å². The van der Waals surface area contributed by atoms with Crippen LogP contribution in [0.3, 0.4) is 0 Å². The fourth-order valence-electron chi connectivity index (χ4n) is 1.25. The number of epoxide rings is 1. The number of nitrogens with zero attached hydrogens (tertiary/aromatic N) is 1. The fraction of sp³-hybridized carbons (Fsp3) is 0.400. The van der Waals surface area contributed by atoms with E-state index in [4.69, 9.17) is 14.7 Å². The van der Waals surface area contributed by atoms with Gasteiger partial charge in [0.25, 0.3) is 10.0 Å². The lowest BCUT2D eigenvalue weighted by Crippen LogP contribution is -2.31. The van der Waals surface area contributed by atoms with Crippen LogP contribution in [0, 0.1) is 0 Å². The Balaban J connectivity index is 2.16. The molecular formula is C10H13NO5S. The minimum absolute atomic E-state index is 0.0311. The maximum absolute atomic E-state index is 11.5. The maximum atomic E-state index is 11.5. The second-order valence-electron chi connectivity index (χ2n) is 3.76. The number of ether oxygens (including phenoxy) is 1. The van der Waals surface area contributed by atoms with Gasteiger partial charge in [-0.1, -0.05) is 0 Å². The summed E-state index contributed by atoms with van der Waals surface area (Å²) in [6.45, 7) is 0.779. The van der Waals surface area contributed by atoms with Crippen LogP contribution in [-0.2, 0) is 19.6 Å². The number of phenols is 1. The van der Waals surface area contributed by atoms with Crippen LogP contribution < -0.4 is 4.47 Å². The summed E-state index contributed by atoms with van der Waals surface area (Å²) in [4.78, 5) is 5.20. The summed E-state index contributed by atoms with van der Waals surface area (Å²) in [6.07, 6.45) is 1.02. The molecule has 94 valence electrons. The van der Waals surface area contributed by atoms with Crippen LogP contribution in [0.2, 0.25) is 0 Å². The molecule has 6 nitrogen and oxygen atoms in total. The Labute approximate surface area is 99.4 Å². The molecule has 1 aliphatic rings. The van der Waals surface area contributed by atoms with Crippen molar-refractivity contribution in [2.45, 2.75) is 6.10 Å². The first-order valence-electron chi connectivity index (χ1n) is 5.00. The summed E-state index contributed by atoms with van der Waals surface area (Å²) < 4.78 is 28.9. The van der Waals surface area contributed by atoms with Crippen LogP contribution >= 0.6 is 0 Å². The summed E-state index contributed by atoms with van der Waals surface area (Å²) in [5.41, 5.74) is 0.339. The normalized spacial score (nSPS) is 19.0. The zero-order valence-electron chi connectivity index (χ0n) is 9.24. The van der Waals surface area contributed by atoms with Crippen molar-refractivity contribution in [2.75, 3.05) is 23.9 Å². The van der Waals surface area contributed by atoms with Crippen molar-refractivity contribution in [2.24, 2.45) is 0 Å². The van der Waals surface area contributed by atoms with Crippen LogP contribution in [0.1, 0.15) is 0 Å². The predicted molar refractivity (Wildman–Crippen MR) is 61.1 cm³/mol. The van der Waals surface area contributed by atoms with Gasteiger partial charge in [0.05, 0.1) is 18.6 Å². The van der Waals surface area contributed by atoms with E-state index in [1.807, 2.05) is 0 Å². The maximum Gasteiger partial charge on any atom is 0.254 e. The van der Waals surface area contributed by atoms with Crippen LogP contribution in [0.4, 0.5) is 5.69 Å². The number of hydrogen-bond acceptors (Lipinski definition) is 5. The SMILES string of the molecule is CS(=O)(=O)N(OCC1CO1)c1ccc(O)cc1. The Bertz CT molecular complexity index is 480. The van der Waals surface area contributed by atoms with Crippen LogP contribution in [0.5, 0.6) is 5.75 Å². The van der Waals surface area contributed by atoms with E-state index >= 15 is 0 Å². The number of phenolic OH excluding ortho intramolecular Hbond substituents is 1. The second kappa shape index (κ2) is 4.52. The molecule has 1 N–H and O–H groups in total.